The van der Waals surface area contributed by atoms with Crippen LogP contribution in [0.15, 0.2) is 12.1 Å². The monoisotopic (exact) mass is 304 g/mol. The van der Waals surface area contributed by atoms with Crippen LogP contribution in [0, 0.1) is 12.7 Å². The number of benzene rings is 1. The smallest absolute Gasteiger partial charge is 0.369 e. The van der Waals surface area contributed by atoms with Crippen molar-refractivity contribution in [3.63, 3.8) is 0 Å². The first-order valence-electron chi connectivity index (χ1n) is 6.99. The lowest BCUT2D eigenvalue weighted by atomic mass is 10.0. The lowest BCUT2D eigenvalue weighted by molar-refractivity contribution is -0.139. The van der Waals surface area contributed by atoms with Gasteiger partial charge in [0.15, 0.2) is 5.82 Å². The Labute approximate surface area is 122 Å². The van der Waals surface area contributed by atoms with E-state index < -0.39 is 17.6 Å². The van der Waals surface area contributed by atoms with Gasteiger partial charge in [-0.05, 0) is 51.6 Å². The number of hydrogen-bond acceptors (Lipinski definition) is 2. The van der Waals surface area contributed by atoms with Crippen LogP contribution in [0.1, 0.15) is 24.0 Å². The van der Waals surface area contributed by atoms with Gasteiger partial charge in [-0.25, -0.2) is 4.39 Å². The average Bonchev–Trinajstić information content (AvgIpc) is 2.40. The molecule has 0 N–H and O–H groups in total. The molecule has 21 heavy (non-hydrogen) atoms. The van der Waals surface area contributed by atoms with Crippen molar-refractivity contribution in [3.8, 4) is 0 Å². The summed E-state index contributed by atoms with van der Waals surface area (Å²) in [6, 6.07) is 2.77. The van der Waals surface area contributed by atoms with Crippen molar-refractivity contribution in [3.05, 3.63) is 29.1 Å². The number of nitrogens with zero attached hydrogens (tertiary/aromatic N) is 2. The zero-order valence-corrected chi connectivity index (χ0v) is 12.5. The Morgan fingerprint density at radius 3 is 2.19 bits per heavy atom. The summed E-state index contributed by atoms with van der Waals surface area (Å²) in [4.78, 5) is 3.82. The van der Waals surface area contributed by atoms with E-state index in [1.807, 2.05) is 14.1 Å². The van der Waals surface area contributed by atoms with Gasteiger partial charge in [-0.2, -0.15) is 13.2 Å². The fourth-order valence-corrected chi connectivity index (χ4v) is 2.81. The molecule has 0 saturated carbocycles. The number of halogens is 4. The Kier molecular flexibility index (Phi) is 4.46. The van der Waals surface area contributed by atoms with Crippen molar-refractivity contribution in [1.82, 2.24) is 4.90 Å². The fraction of sp³-hybridized carbons (Fsp3) is 0.600. The maximum atomic E-state index is 14.2. The third kappa shape index (κ3) is 3.48. The molecule has 6 heteroatoms. The normalized spacial score (nSPS) is 17.6. The number of aryl methyl sites for hydroxylation is 1. The molecular weight excluding hydrogens is 284 g/mol. The molecule has 0 unspecified atom stereocenters. The predicted octanol–water partition coefficient (Wildman–Crippen LogP) is 3.68. The minimum absolute atomic E-state index is 0.0690. The highest BCUT2D eigenvalue weighted by Gasteiger charge is 2.36. The van der Waals surface area contributed by atoms with E-state index in [1.165, 1.54) is 6.07 Å². The molecule has 0 atom stereocenters. The first kappa shape index (κ1) is 16.1. The lowest BCUT2D eigenvalue weighted by Gasteiger charge is -2.37. The maximum Gasteiger partial charge on any atom is 0.419 e. The van der Waals surface area contributed by atoms with Crippen LogP contribution in [0.2, 0.25) is 0 Å². The zero-order valence-electron chi connectivity index (χ0n) is 12.5. The molecule has 0 spiro atoms. The van der Waals surface area contributed by atoms with Gasteiger partial charge in [-0.15, -0.1) is 0 Å². The molecule has 0 radical (unpaired) electrons. The van der Waals surface area contributed by atoms with Gasteiger partial charge in [0.05, 0.1) is 11.3 Å². The van der Waals surface area contributed by atoms with Gasteiger partial charge in [0.25, 0.3) is 0 Å². The van der Waals surface area contributed by atoms with Gasteiger partial charge < -0.3 is 9.80 Å². The van der Waals surface area contributed by atoms with E-state index in [0.29, 0.717) is 24.7 Å². The van der Waals surface area contributed by atoms with E-state index in [2.05, 4.69) is 4.90 Å². The molecule has 118 valence electrons. The van der Waals surface area contributed by atoms with E-state index in [-0.39, 0.29) is 5.69 Å². The average molecular weight is 304 g/mol. The third-order valence-electron chi connectivity index (χ3n) is 4.04. The van der Waals surface area contributed by atoms with E-state index in [1.54, 1.807) is 11.8 Å². The van der Waals surface area contributed by atoms with E-state index in [4.69, 9.17) is 0 Å². The number of alkyl halides is 3. The summed E-state index contributed by atoms with van der Waals surface area (Å²) in [6.45, 7) is 2.70. The molecule has 0 amide bonds. The highest BCUT2D eigenvalue weighted by Crippen LogP contribution is 2.37. The van der Waals surface area contributed by atoms with Crippen molar-refractivity contribution >= 4 is 5.69 Å². The van der Waals surface area contributed by atoms with Crippen molar-refractivity contribution in [2.24, 2.45) is 0 Å². The van der Waals surface area contributed by atoms with Crippen molar-refractivity contribution in [2.75, 3.05) is 32.1 Å². The van der Waals surface area contributed by atoms with Gasteiger partial charge in [0.1, 0.15) is 0 Å². The standard InChI is InChI=1S/C15H20F4N2/c1-10-8-12(15(17,18)19)14(16)13(9-10)21-6-4-11(5-7-21)20(2)3/h8-9,11H,4-7H2,1-3H3. The molecule has 1 aliphatic rings. The lowest BCUT2D eigenvalue weighted by Crippen LogP contribution is -2.42. The summed E-state index contributed by atoms with van der Waals surface area (Å²) < 4.78 is 52.9. The van der Waals surface area contributed by atoms with Crippen molar-refractivity contribution in [2.45, 2.75) is 32.0 Å². The van der Waals surface area contributed by atoms with E-state index in [9.17, 15) is 17.6 Å². The van der Waals surface area contributed by atoms with Crippen molar-refractivity contribution in [1.29, 1.82) is 0 Å². The maximum absolute atomic E-state index is 14.2. The zero-order chi connectivity index (χ0) is 15.8. The van der Waals surface area contributed by atoms with Gasteiger partial charge >= 0.3 is 6.18 Å². The molecule has 1 aromatic carbocycles. The van der Waals surface area contributed by atoms with Gasteiger partial charge in [-0.3, -0.25) is 0 Å². The Morgan fingerprint density at radius 1 is 1.14 bits per heavy atom. The molecule has 0 aromatic heterocycles. The highest BCUT2D eigenvalue weighted by atomic mass is 19.4. The highest BCUT2D eigenvalue weighted by molar-refractivity contribution is 5.53. The van der Waals surface area contributed by atoms with Crippen LogP contribution in [0.25, 0.3) is 0 Å². The van der Waals surface area contributed by atoms with Gasteiger partial charge in [-0.1, -0.05) is 0 Å². The second-order valence-corrected chi connectivity index (χ2v) is 5.83. The second kappa shape index (κ2) is 5.83. The van der Waals surface area contributed by atoms with Crippen LogP contribution in [0.4, 0.5) is 23.2 Å². The summed E-state index contributed by atoms with van der Waals surface area (Å²) in [5, 5.41) is 0. The first-order chi connectivity index (χ1) is 9.70. The van der Waals surface area contributed by atoms with Crippen LogP contribution in [-0.2, 0) is 6.18 Å². The molecule has 1 aromatic rings. The molecule has 1 fully saturated rings. The Morgan fingerprint density at radius 2 is 1.71 bits per heavy atom. The largest absolute Gasteiger partial charge is 0.419 e. The molecule has 2 nitrogen and oxygen atoms in total. The Hall–Kier alpha value is -1.30. The van der Waals surface area contributed by atoms with E-state index in [0.717, 1.165) is 18.9 Å². The number of rotatable bonds is 2. The van der Waals surface area contributed by atoms with Gasteiger partial charge in [0, 0.05) is 19.1 Å². The SMILES string of the molecule is Cc1cc(N2CCC(N(C)C)CC2)c(F)c(C(F)(F)F)c1. The summed E-state index contributed by atoms with van der Waals surface area (Å²) in [7, 11) is 3.96. The summed E-state index contributed by atoms with van der Waals surface area (Å²) in [5.41, 5.74) is -0.680. The minimum atomic E-state index is -4.66. The molecule has 1 aliphatic heterocycles. The Bertz CT molecular complexity index is 503. The van der Waals surface area contributed by atoms with Crippen LogP contribution in [0.5, 0.6) is 0 Å². The topological polar surface area (TPSA) is 6.48 Å². The van der Waals surface area contributed by atoms with Crippen molar-refractivity contribution < 1.29 is 17.6 Å². The van der Waals surface area contributed by atoms with Crippen LogP contribution in [-0.4, -0.2) is 38.1 Å². The molecule has 1 saturated heterocycles. The van der Waals surface area contributed by atoms with Crippen LogP contribution >= 0.6 is 0 Å². The third-order valence-corrected chi connectivity index (χ3v) is 4.04. The molecule has 2 rings (SSSR count). The van der Waals surface area contributed by atoms with Crippen LogP contribution < -0.4 is 4.90 Å². The summed E-state index contributed by atoms with van der Waals surface area (Å²) in [6.07, 6.45) is -3.02. The minimum Gasteiger partial charge on any atom is -0.369 e. The van der Waals surface area contributed by atoms with E-state index >= 15 is 0 Å². The second-order valence-electron chi connectivity index (χ2n) is 5.83. The number of hydrogen-bond donors (Lipinski definition) is 0. The number of anilines is 1. The number of piperidine rings is 1. The van der Waals surface area contributed by atoms with Gasteiger partial charge in [0.2, 0.25) is 0 Å². The molecule has 0 aliphatic carbocycles. The fourth-order valence-electron chi connectivity index (χ4n) is 2.81. The molecule has 1 heterocycles. The first-order valence-corrected chi connectivity index (χ1v) is 6.99. The quantitative estimate of drug-likeness (QED) is 0.769. The van der Waals surface area contributed by atoms with Crippen LogP contribution in [0.3, 0.4) is 0 Å². The summed E-state index contributed by atoms with van der Waals surface area (Å²) >= 11 is 0. The molecular formula is C15H20F4N2. The molecule has 0 bridgehead atoms. The predicted molar refractivity (Wildman–Crippen MR) is 75.1 cm³/mol. The summed E-state index contributed by atoms with van der Waals surface area (Å²) in [5.74, 6) is -1.16. The Balaban J connectivity index is 2.27.